The molecule has 2 aromatic carbocycles. The lowest BCUT2D eigenvalue weighted by Gasteiger charge is -2.32. The van der Waals surface area contributed by atoms with E-state index in [4.69, 9.17) is 16.3 Å². The first-order valence-corrected chi connectivity index (χ1v) is 12.9. The Bertz CT molecular complexity index is 1210. The van der Waals surface area contributed by atoms with Crippen LogP contribution in [-0.4, -0.2) is 58.1 Å². The fourth-order valence-electron chi connectivity index (χ4n) is 3.55. The molecule has 0 radical (unpaired) electrons. The number of anilines is 1. The van der Waals surface area contributed by atoms with Crippen LogP contribution in [0.1, 0.15) is 24.5 Å². The first-order chi connectivity index (χ1) is 16.7. The number of likely N-dealkylation sites (N-methyl/N-ethyl adjacent to an activating group) is 1. The third-order valence-corrected chi connectivity index (χ3v) is 6.81. The molecule has 0 spiro atoms. The summed E-state index contributed by atoms with van der Waals surface area (Å²) in [5, 5.41) is 1.86. The van der Waals surface area contributed by atoms with E-state index in [1.54, 1.807) is 31.2 Å². The molecule has 2 amide bonds. The van der Waals surface area contributed by atoms with Crippen molar-refractivity contribution in [3.63, 3.8) is 0 Å². The lowest BCUT2D eigenvalue weighted by Crippen LogP contribution is -2.51. The first kappa shape index (κ1) is 29.2. The largest absolute Gasteiger partial charge is 0.497 e. The molecule has 0 aliphatic rings. The molecule has 0 aliphatic carbocycles. The molecular weight excluding hydrogens is 523 g/mol. The molecule has 2 aromatic rings. The minimum absolute atomic E-state index is 0.0754. The number of nitrogens with one attached hydrogen (secondary N) is 1. The zero-order valence-electron chi connectivity index (χ0n) is 20.1. The number of carbonyl (C=O) groups excluding carboxylic acids is 2. The third-order valence-electron chi connectivity index (χ3n) is 5.34. The van der Waals surface area contributed by atoms with Crippen molar-refractivity contribution >= 4 is 39.1 Å². The van der Waals surface area contributed by atoms with E-state index in [9.17, 15) is 31.2 Å². The van der Waals surface area contributed by atoms with Crippen molar-refractivity contribution in [2.45, 2.75) is 32.1 Å². The van der Waals surface area contributed by atoms with Gasteiger partial charge in [0.1, 0.15) is 18.3 Å². The smallest absolute Gasteiger partial charge is 0.417 e. The van der Waals surface area contributed by atoms with Crippen molar-refractivity contribution < 1.29 is 35.9 Å². The maximum absolute atomic E-state index is 13.5. The SMILES string of the molecule is CCC(C(=O)NC)N(Cc1cccc(OC)c1)C(=O)CN(c1ccc(Cl)c(C(F)(F)F)c1)S(C)(=O)=O. The number of alkyl halides is 3. The van der Waals surface area contributed by atoms with Crippen LogP contribution in [-0.2, 0) is 32.3 Å². The third kappa shape index (κ3) is 7.26. The van der Waals surface area contributed by atoms with E-state index in [1.807, 2.05) is 0 Å². The lowest BCUT2D eigenvalue weighted by atomic mass is 10.1. The Hall–Kier alpha value is -2.99. The monoisotopic (exact) mass is 549 g/mol. The molecule has 1 atom stereocenters. The van der Waals surface area contributed by atoms with Crippen LogP contribution in [0.4, 0.5) is 18.9 Å². The van der Waals surface area contributed by atoms with Crippen LogP contribution in [0.2, 0.25) is 5.02 Å². The highest BCUT2D eigenvalue weighted by molar-refractivity contribution is 7.92. The van der Waals surface area contributed by atoms with Crippen LogP contribution in [0.5, 0.6) is 5.75 Å². The van der Waals surface area contributed by atoms with Crippen molar-refractivity contribution in [2.75, 3.05) is 31.3 Å². The fourth-order valence-corrected chi connectivity index (χ4v) is 4.62. The molecule has 2 rings (SSSR count). The number of methoxy groups -OCH3 is 1. The highest BCUT2D eigenvalue weighted by Crippen LogP contribution is 2.37. The molecule has 1 N–H and O–H groups in total. The number of ether oxygens (including phenoxy) is 1. The van der Waals surface area contributed by atoms with E-state index < -0.39 is 56.9 Å². The Kier molecular flexibility index (Phi) is 9.61. The normalized spacial score (nSPS) is 12.6. The summed E-state index contributed by atoms with van der Waals surface area (Å²) in [6.45, 7) is 0.762. The maximum atomic E-state index is 13.5. The summed E-state index contributed by atoms with van der Waals surface area (Å²) in [5.74, 6) is -0.765. The summed E-state index contributed by atoms with van der Waals surface area (Å²) in [5.41, 5.74) is -1.04. The second kappa shape index (κ2) is 11.8. The summed E-state index contributed by atoms with van der Waals surface area (Å²) in [7, 11) is -1.35. The predicted octanol–water partition coefficient (Wildman–Crippen LogP) is 3.69. The van der Waals surface area contributed by atoms with Gasteiger partial charge in [-0.05, 0) is 42.3 Å². The van der Waals surface area contributed by atoms with Gasteiger partial charge < -0.3 is 15.0 Å². The Balaban J connectivity index is 2.52. The number of nitrogens with zero attached hydrogens (tertiary/aromatic N) is 2. The molecule has 0 aromatic heterocycles. The van der Waals surface area contributed by atoms with Crippen molar-refractivity contribution in [3.05, 3.63) is 58.6 Å². The quantitative estimate of drug-likeness (QED) is 0.488. The number of halogens is 4. The van der Waals surface area contributed by atoms with E-state index in [2.05, 4.69) is 5.32 Å². The molecule has 0 saturated carbocycles. The minimum Gasteiger partial charge on any atom is -0.497 e. The summed E-state index contributed by atoms with van der Waals surface area (Å²) in [6.07, 6.45) is -3.87. The molecule has 0 aliphatic heterocycles. The van der Waals surface area contributed by atoms with Gasteiger partial charge in [-0.25, -0.2) is 8.42 Å². The topological polar surface area (TPSA) is 96.0 Å². The van der Waals surface area contributed by atoms with Crippen LogP contribution < -0.4 is 14.4 Å². The van der Waals surface area contributed by atoms with Crippen molar-refractivity contribution in [1.82, 2.24) is 10.2 Å². The molecule has 36 heavy (non-hydrogen) atoms. The molecule has 0 bridgehead atoms. The van der Waals surface area contributed by atoms with Gasteiger partial charge in [0.05, 0.1) is 29.6 Å². The Morgan fingerprint density at radius 1 is 1.17 bits per heavy atom. The van der Waals surface area contributed by atoms with Gasteiger partial charge in [-0.2, -0.15) is 13.2 Å². The second-order valence-corrected chi connectivity index (χ2v) is 10.2. The van der Waals surface area contributed by atoms with Crippen LogP contribution >= 0.6 is 11.6 Å². The number of hydrogen-bond acceptors (Lipinski definition) is 5. The molecule has 198 valence electrons. The van der Waals surface area contributed by atoms with E-state index in [-0.39, 0.29) is 13.0 Å². The standard InChI is InChI=1S/C23H27ClF3N3O5S/c1-5-20(22(32)28-2)29(13-15-7-6-8-17(11-15)35-3)21(31)14-30(36(4,33)34)16-9-10-19(24)18(12-16)23(25,26)27/h6-12,20H,5,13-14H2,1-4H3,(H,28,32). The number of sulfonamides is 1. The Morgan fingerprint density at radius 3 is 2.36 bits per heavy atom. The highest BCUT2D eigenvalue weighted by atomic mass is 35.5. The number of rotatable bonds is 10. The number of hydrogen-bond donors (Lipinski definition) is 1. The van der Waals surface area contributed by atoms with Gasteiger partial charge in [0.15, 0.2) is 0 Å². The summed E-state index contributed by atoms with van der Waals surface area (Å²) >= 11 is 5.66. The first-order valence-electron chi connectivity index (χ1n) is 10.7. The number of benzene rings is 2. The van der Waals surface area contributed by atoms with Gasteiger partial charge >= 0.3 is 6.18 Å². The van der Waals surface area contributed by atoms with Crippen LogP contribution in [0.25, 0.3) is 0 Å². The Labute approximate surface area is 213 Å². The predicted molar refractivity (Wildman–Crippen MR) is 130 cm³/mol. The van der Waals surface area contributed by atoms with Crippen LogP contribution in [0.15, 0.2) is 42.5 Å². The second-order valence-electron chi connectivity index (χ2n) is 7.84. The average Bonchev–Trinajstić information content (AvgIpc) is 2.81. The molecule has 0 heterocycles. The molecule has 0 saturated heterocycles. The molecule has 0 fully saturated rings. The van der Waals surface area contributed by atoms with E-state index in [0.29, 0.717) is 21.7 Å². The summed E-state index contributed by atoms with van der Waals surface area (Å²) in [6, 6.07) is 8.32. The highest BCUT2D eigenvalue weighted by Gasteiger charge is 2.36. The molecule has 8 nitrogen and oxygen atoms in total. The molecular formula is C23H27ClF3N3O5S. The number of amides is 2. The summed E-state index contributed by atoms with van der Waals surface area (Å²) < 4.78 is 71.0. The maximum Gasteiger partial charge on any atom is 0.417 e. The van der Waals surface area contributed by atoms with Gasteiger partial charge in [-0.15, -0.1) is 0 Å². The van der Waals surface area contributed by atoms with E-state index >= 15 is 0 Å². The molecule has 13 heteroatoms. The zero-order valence-corrected chi connectivity index (χ0v) is 21.7. The summed E-state index contributed by atoms with van der Waals surface area (Å²) in [4.78, 5) is 27.2. The van der Waals surface area contributed by atoms with Gasteiger partial charge in [0.25, 0.3) is 0 Å². The number of carbonyl (C=O) groups is 2. The Morgan fingerprint density at radius 2 is 1.83 bits per heavy atom. The van der Waals surface area contributed by atoms with E-state index in [1.165, 1.54) is 19.1 Å². The van der Waals surface area contributed by atoms with Crippen LogP contribution in [0, 0.1) is 0 Å². The average molecular weight is 550 g/mol. The van der Waals surface area contributed by atoms with Gasteiger partial charge in [-0.3, -0.25) is 13.9 Å². The van der Waals surface area contributed by atoms with Crippen molar-refractivity contribution in [2.24, 2.45) is 0 Å². The van der Waals surface area contributed by atoms with E-state index in [0.717, 1.165) is 18.4 Å². The minimum atomic E-state index is -4.84. The van der Waals surface area contributed by atoms with Crippen molar-refractivity contribution in [1.29, 1.82) is 0 Å². The van der Waals surface area contributed by atoms with Crippen LogP contribution in [0.3, 0.4) is 0 Å². The van der Waals surface area contributed by atoms with Gasteiger partial charge in [0, 0.05) is 13.6 Å². The zero-order chi connectivity index (χ0) is 27.3. The van der Waals surface area contributed by atoms with Gasteiger partial charge in [0.2, 0.25) is 21.8 Å². The molecule has 1 unspecified atom stereocenters. The van der Waals surface area contributed by atoms with Gasteiger partial charge in [-0.1, -0.05) is 30.7 Å². The lowest BCUT2D eigenvalue weighted by molar-refractivity contribution is -0.140. The van der Waals surface area contributed by atoms with Crippen molar-refractivity contribution in [3.8, 4) is 5.75 Å². The fraction of sp³-hybridized carbons (Fsp3) is 0.391.